The second kappa shape index (κ2) is 5.92. The van der Waals surface area contributed by atoms with E-state index in [4.69, 9.17) is 0 Å². The highest BCUT2D eigenvalue weighted by molar-refractivity contribution is 4.90. The molecular weight excluding hydrogens is 220 g/mol. The first-order chi connectivity index (χ1) is 8.85. The van der Waals surface area contributed by atoms with Crippen molar-refractivity contribution in [2.45, 2.75) is 82.8 Å². The first-order valence-corrected chi connectivity index (χ1v) is 8.35. The summed E-state index contributed by atoms with van der Waals surface area (Å²) in [7, 11) is 0. The number of hydrogen-bond donors (Lipinski definition) is 1. The summed E-state index contributed by atoms with van der Waals surface area (Å²) in [6.45, 7) is 5.07. The zero-order valence-corrected chi connectivity index (χ0v) is 12.0. The number of hydrogen-bond acceptors (Lipinski definition) is 2. The van der Waals surface area contributed by atoms with Gasteiger partial charge in [-0.05, 0) is 51.0 Å². The molecule has 3 aliphatic rings. The molecular formula is C16H30N2. The highest BCUT2D eigenvalue weighted by atomic mass is 15.2. The van der Waals surface area contributed by atoms with Crippen LogP contribution in [0.1, 0.15) is 64.7 Å². The molecule has 0 aromatic carbocycles. The van der Waals surface area contributed by atoms with Crippen LogP contribution in [-0.2, 0) is 0 Å². The second-order valence-electron chi connectivity index (χ2n) is 6.87. The van der Waals surface area contributed by atoms with Gasteiger partial charge in [0, 0.05) is 24.7 Å². The first kappa shape index (κ1) is 12.9. The average molecular weight is 250 g/mol. The molecule has 0 aromatic heterocycles. The monoisotopic (exact) mass is 250 g/mol. The van der Waals surface area contributed by atoms with Gasteiger partial charge in [-0.15, -0.1) is 0 Å². The highest BCUT2D eigenvalue weighted by Crippen LogP contribution is 2.31. The Balaban J connectivity index is 1.50. The van der Waals surface area contributed by atoms with E-state index in [0.717, 1.165) is 24.0 Å². The van der Waals surface area contributed by atoms with Crippen molar-refractivity contribution >= 4 is 0 Å². The first-order valence-electron chi connectivity index (χ1n) is 8.35. The van der Waals surface area contributed by atoms with Gasteiger partial charge in [-0.3, -0.25) is 4.90 Å². The molecule has 0 aromatic rings. The molecule has 3 unspecified atom stereocenters. The Morgan fingerprint density at radius 3 is 2.67 bits per heavy atom. The lowest BCUT2D eigenvalue weighted by Gasteiger charge is -2.42. The normalized spacial score (nSPS) is 38.8. The maximum absolute atomic E-state index is 3.85. The van der Waals surface area contributed by atoms with Crippen molar-refractivity contribution in [2.24, 2.45) is 5.92 Å². The molecule has 2 saturated carbocycles. The molecule has 3 atom stereocenters. The predicted octanol–water partition coefficient (Wildman–Crippen LogP) is 3.17. The maximum atomic E-state index is 3.85. The summed E-state index contributed by atoms with van der Waals surface area (Å²) in [4.78, 5) is 2.82. The van der Waals surface area contributed by atoms with E-state index in [0.29, 0.717) is 0 Å². The lowest BCUT2D eigenvalue weighted by atomic mass is 9.83. The topological polar surface area (TPSA) is 15.3 Å². The summed E-state index contributed by atoms with van der Waals surface area (Å²) in [5, 5.41) is 3.85. The molecule has 2 heteroatoms. The quantitative estimate of drug-likeness (QED) is 0.824. The summed E-state index contributed by atoms with van der Waals surface area (Å²) in [5.41, 5.74) is 0. The van der Waals surface area contributed by atoms with Crippen LogP contribution < -0.4 is 5.32 Å². The fourth-order valence-electron chi connectivity index (χ4n) is 4.02. The van der Waals surface area contributed by atoms with Crippen LogP contribution in [0, 0.1) is 5.92 Å². The lowest BCUT2D eigenvalue weighted by molar-refractivity contribution is 0.0910. The van der Waals surface area contributed by atoms with Gasteiger partial charge in [0.15, 0.2) is 0 Å². The molecule has 1 N–H and O–H groups in total. The molecule has 3 fully saturated rings. The maximum Gasteiger partial charge on any atom is 0.0198 e. The van der Waals surface area contributed by atoms with Gasteiger partial charge in [0.25, 0.3) is 0 Å². The van der Waals surface area contributed by atoms with Crippen molar-refractivity contribution in [3.05, 3.63) is 0 Å². The van der Waals surface area contributed by atoms with Gasteiger partial charge < -0.3 is 5.32 Å². The number of piperidine rings is 1. The van der Waals surface area contributed by atoms with Crippen molar-refractivity contribution in [2.75, 3.05) is 13.1 Å². The predicted molar refractivity (Wildman–Crippen MR) is 76.8 cm³/mol. The van der Waals surface area contributed by atoms with Crippen LogP contribution in [0.15, 0.2) is 0 Å². The molecule has 1 heterocycles. The summed E-state index contributed by atoms with van der Waals surface area (Å²) in [6, 6.07) is 2.59. The minimum atomic E-state index is 0.799. The number of likely N-dealkylation sites (tertiary alicyclic amines) is 1. The lowest BCUT2D eigenvalue weighted by Crippen LogP contribution is -2.51. The SMILES string of the molecule is CCC1CCCC(N2CCCC(NC3CC3)C2)C1. The zero-order chi connectivity index (χ0) is 12.4. The summed E-state index contributed by atoms with van der Waals surface area (Å²) in [6.07, 6.45) is 13.0. The number of nitrogens with one attached hydrogen (secondary N) is 1. The van der Waals surface area contributed by atoms with Gasteiger partial charge in [-0.1, -0.05) is 26.2 Å². The smallest absolute Gasteiger partial charge is 0.0198 e. The molecule has 0 radical (unpaired) electrons. The molecule has 0 bridgehead atoms. The van der Waals surface area contributed by atoms with Gasteiger partial charge >= 0.3 is 0 Å². The van der Waals surface area contributed by atoms with E-state index in [1.807, 2.05) is 0 Å². The van der Waals surface area contributed by atoms with Crippen LogP contribution >= 0.6 is 0 Å². The van der Waals surface area contributed by atoms with Gasteiger partial charge in [-0.2, -0.15) is 0 Å². The third kappa shape index (κ3) is 3.27. The van der Waals surface area contributed by atoms with Crippen LogP contribution in [0.4, 0.5) is 0 Å². The van der Waals surface area contributed by atoms with Crippen LogP contribution in [0.2, 0.25) is 0 Å². The van der Waals surface area contributed by atoms with E-state index < -0.39 is 0 Å². The van der Waals surface area contributed by atoms with Crippen LogP contribution in [-0.4, -0.2) is 36.1 Å². The third-order valence-electron chi connectivity index (χ3n) is 5.35. The van der Waals surface area contributed by atoms with E-state index in [2.05, 4.69) is 17.1 Å². The zero-order valence-electron chi connectivity index (χ0n) is 12.0. The Labute approximate surface area is 113 Å². The van der Waals surface area contributed by atoms with E-state index in [1.54, 1.807) is 0 Å². The van der Waals surface area contributed by atoms with E-state index in [1.165, 1.54) is 70.9 Å². The van der Waals surface area contributed by atoms with Crippen molar-refractivity contribution < 1.29 is 0 Å². The van der Waals surface area contributed by atoms with Gasteiger partial charge in [-0.25, -0.2) is 0 Å². The third-order valence-corrected chi connectivity index (χ3v) is 5.35. The van der Waals surface area contributed by atoms with Crippen molar-refractivity contribution in [3.63, 3.8) is 0 Å². The molecule has 1 saturated heterocycles. The second-order valence-corrected chi connectivity index (χ2v) is 6.87. The molecule has 3 rings (SSSR count). The van der Waals surface area contributed by atoms with E-state index in [-0.39, 0.29) is 0 Å². The summed E-state index contributed by atoms with van der Waals surface area (Å²) in [5.74, 6) is 1.01. The summed E-state index contributed by atoms with van der Waals surface area (Å²) < 4.78 is 0. The summed E-state index contributed by atoms with van der Waals surface area (Å²) >= 11 is 0. The molecule has 2 nitrogen and oxygen atoms in total. The van der Waals surface area contributed by atoms with Crippen LogP contribution in [0.5, 0.6) is 0 Å². The molecule has 104 valence electrons. The van der Waals surface area contributed by atoms with Crippen molar-refractivity contribution in [3.8, 4) is 0 Å². The standard InChI is InChI=1S/C16H30N2/c1-2-13-5-3-7-16(11-13)18-10-4-6-15(12-18)17-14-8-9-14/h13-17H,2-12H2,1H3. The Kier molecular flexibility index (Phi) is 4.25. The van der Waals surface area contributed by atoms with Crippen LogP contribution in [0.3, 0.4) is 0 Å². The number of nitrogens with zero attached hydrogens (tertiary/aromatic N) is 1. The minimum Gasteiger partial charge on any atom is -0.310 e. The molecule has 0 amide bonds. The minimum absolute atomic E-state index is 0.799. The van der Waals surface area contributed by atoms with Crippen molar-refractivity contribution in [1.82, 2.24) is 10.2 Å². The van der Waals surface area contributed by atoms with Gasteiger partial charge in [0.05, 0.1) is 0 Å². The Morgan fingerprint density at radius 2 is 1.89 bits per heavy atom. The van der Waals surface area contributed by atoms with Crippen LogP contribution in [0.25, 0.3) is 0 Å². The van der Waals surface area contributed by atoms with Gasteiger partial charge in [0.2, 0.25) is 0 Å². The highest BCUT2D eigenvalue weighted by Gasteiger charge is 2.32. The largest absolute Gasteiger partial charge is 0.310 e. The van der Waals surface area contributed by atoms with Gasteiger partial charge in [0.1, 0.15) is 0 Å². The molecule has 0 spiro atoms. The van der Waals surface area contributed by atoms with E-state index in [9.17, 15) is 0 Å². The molecule has 2 aliphatic carbocycles. The Bertz CT molecular complexity index is 262. The Morgan fingerprint density at radius 1 is 1.00 bits per heavy atom. The Hall–Kier alpha value is -0.0800. The average Bonchev–Trinajstić information content (AvgIpc) is 3.23. The molecule has 18 heavy (non-hydrogen) atoms. The fourth-order valence-corrected chi connectivity index (χ4v) is 4.02. The molecule has 1 aliphatic heterocycles. The van der Waals surface area contributed by atoms with Crippen molar-refractivity contribution in [1.29, 1.82) is 0 Å². The number of rotatable bonds is 4. The van der Waals surface area contributed by atoms with E-state index >= 15 is 0 Å². The fraction of sp³-hybridized carbons (Fsp3) is 1.00.